The number of aromatic nitrogens is 4. The largest absolute Gasteiger partial charge is 0.454 e. The average Bonchev–Trinajstić information content (AvgIpc) is 3.21. The van der Waals surface area contributed by atoms with E-state index in [0.29, 0.717) is 17.4 Å². The lowest BCUT2D eigenvalue weighted by atomic mass is 9.78. The minimum atomic E-state index is -0.0994. The Labute approximate surface area is 176 Å². The Morgan fingerprint density at radius 1 is 0.867 bits per heavy atom. The van der Waals surface area contributed by atoms with E-state index in [1.165, 1.54) is 16.7 Å². The number of hydrogen-bond donors (Lipinski definition) is 0. The first-order chi connectivity index (χ1) is 14.5. The Kier molecular flexibility index (Phi) is 5.31. The van der Waals surface area contributed by atoms with Crippen LogP contribution in [-0.4, -0.2) is 20.1 Å². The molecule has 2 aromatic carbocycles. The zero-order chi connectivity index (χ0) is 21.1. The summed E-state index contributed by atoms with van der Waals surface area (Å²) < 4.78 is 11.0. The number of nitrogens with zero attached hydrogens (tertiary/aromatic N) is 4. The molecule has 6 nitrogen and oxygen atoms in total. The first-order valence-electron chi connectivity index (χ1n) is 9.96. The zero-order valence-corrected chi connectivity index (χ0v) is 17.6. The van der Waals surface area contributed by atoms with Crippen molar-refractivity contribution >= 4 is 0 Å². The van der Waals surface area contributed by atoms with Gasteiger partial charge in [-0.05, 0) is 42.2 Å². The molecule has 0 amide bonds. The molecule has 30 heavy (non-hydrogen) atoms. The summed E-state index contributed by atoms with van der Waals surface area (Å²) in [5, 5.41) is 3.74. The summed E-state index contributed by atoms with van der Waals surface area (Å²) in [5.74, 6) is 2.46. The van der Waals surface area contributed by atoms with Gasteiger partial charge in [0.2, 0.25) is 5.82 Å². The molecule has 0 aliphatic rings. The summed E-state index contributed by atoms with van der Waals surface area (Å²) in [6.45, 7) is 8.38. The van der Waals surface area contributed by atoms with Crippen LogP contribution in [0.25, 0.3) is 11.7 Å². The molecule has 0 aliphatic heterocycles. The average molecular weight is 400 g/mol. The molecule has 0 saturated heterocycles. The molecular formula is C24H24N4O2. The normalized spacial score (nSPS) is 11.5. The lowest BCUT2D eigenvalue weighted by Gasteiger charge is -2.26. The summed E-state index contributed by atoms with van der Waals surface area (Å²) in [7, 11) is 0. The maximum Gasteiger partial charge on any atom is 0.295 e. The SMILES string of the molecule is CCc1ccc(C(C)(C)c2ccc(Oc3cnc(-c4nc(C)no4)nc3)cc2)cc1. The zero-order valence-electron chi connectivity index (χ0n) is 17.6. The lowest BCUT2D eigenvalue weighted by molar-refractivity contribution is 0.422. The monoisotopic (exact) mass is 400 g/mol. The molecule has 0 fully saturated rings. The van der Waals surface area contributed by atoms with Crippen LogP contribution in [0.15, 0.2) is 65.4 Å². The van der Waals surface area contributed by atoms with E-state index in [1.54, 1.807) is 19.3 Å². The Bertz CT molecular complexity index is 1120. The van der Waals surface area contributed by atoms with Gasteiger partial charge in [-0.25, -0.2) is 9.97 Å². The Hall–Kier alpha value is -3.54. The number of rotatable bonds is 6. The number of ether oxygens (including phenoxy) is 1. The van der Waals surface area contributed by atoms with Crippen LogP contribution in [0.1, 0.15) is 43.3 Å². The van der Waals surface area contributed by atoms with E-state index >= 15 is 0 Å². The van der Waals surface area contributed by atoms with Crippen LogP contribution in [0, 0.1) is 6.92 Å². The van der Waals surface area contributed by atoms with E-state index in [-0.39, 0.29) is 11.3 Å². The number of hydrogen-bond acceptors (Lipinski definition) is 6. The van der Waals surface area contributed by atoms with Gasteiger partial charge in [0.05, 0.1) is 12.4 Å². The Balaban J connectivity index is 1.47. The van der Waals surface area contributed by atoms with Gasteiger partial charge in [0.25, 0.3) is 5.89 Å². The van der Waals surface area contributed by atoms with E-state index in [9.17, 15) is 0 Å². The predicted molar refractivity (Wildman–Crippen MR) is 115 cm³/mol. The van der Waals surface area contributed by atoms with E-state index in [2.05, 4.69) is 77.3 Å². The summed E-state index contributed by atoms with van der Waals surface area (Å²) in [4.78, 5) is 12.6. The van der Waals surface area contributed by atoms with Gasteiger partial charge in [-0.1, -0.05) is 62.3 Å². The molecule has 0 aliphatic carbocycles. The van der Waals surface area contributed by atoms with E-state index in [0.717, 1.165) is 12.2 Å². The predicted octanol–water partition coefficient (Wildman–Crippen LogP) is 5.52. The summed E-state index contributed by atoms with van der Waals surface area (Å²) in [6.07, 6.45) is 4.23. The van der Waals surface area contributed by atoms with E-state index in [4.69, 9.17) is 9.26 Å². The second-order valence-electron chi connectivity index (χ2n) is 7.69. The molecule has 4 rings (SSSR count). The molecule has 0 spiro atoms. The van der Waals surface area contributed by atoms with Gasteiger partial charge in [-0.15, -0.1) is 0 Å². The fourth-order valence-corrected chi connectivity index (χ4v) is 3.27. The van der Waals surface area contributed by atoms with Crippen LogP contribution in [0.5, 0.6) is 11.5 Å². The van der Waals surface area contributed by atoms with E-state index in [1.807, 2.05) is 12.1 Å². The number of aryl methyl sites for hydroxylation is 2. The van der Waals surface area contributed by atoms with Crippen molar-refractivity contribution in [3.63, 3.8) is 0 Å². The topological polar surface area (TPSA) is 73.9 Å². The van der Waals surface area contributed by atoms with Crippen LogP contribution in [0.2, 0.25) is 0 Å². The molecule has 0 unspecified atom stereocenters. The van der Waals surface area contributed by atoms with Crippen molar-refractivity contribution in [2.45, 2.75) is 39.5 Å². The number of benzene rings is 2. The van der Waals surface area contributed by atoms with Crippen LogP contribution in [-0.2, 0) is 11.8 Å². The van der Waals surface area contributed by atoms with Gasteiger partial charge >= 0.3 is 0 Å². The standard InChI is InChI=1S/C24H24N4O2/c1-5-17-6-8-18(9-7-17)24(3,4)19-10-12-20(13-11-19)29-21-14-25-22(26-15-21)23-27-16(2)28-30-23/h6-15H,5H2,1-4H3. The molecule has 2 heterocycles. The summed E-state index contributed by atoms with van der Waals surface area (Å²) in [6, 6.07) is 17.0. The van der Waals surface area contributed by atoms with Crippen molar-refractivity contribution in [2.75, 3.05) is 0 Å². The van der Waals surface area contributed by atoms with Crippen molar-refractivity contribution in [3.05, 3.63) is 83.4 Å². The molecule has 2 aromatic heterocycles. The second-order valence-corrected chi connectivity index (χ2v) is 7.69. The molecule has 6 heteroatoms. The molecule has 0 radical (unpaired) electrons. The van der Waals surface area contributed by atoms with Gasteiger partial charge in [0.15, 0.2) is 11.6 Å². The molecule has 0 saturated carbocycles. The Morgan fingerprint density at radius 3 is 2.00 bits per heavy atom. The lowest BCUT2D eigenvalue weighted by Crippen LogP contribution is -2.18. The molecule has 0 atom stereocenters. The highest BCUT2D eigenvalue weighted by Gasteiger charge is 2.23. The van der Waals surface area contributed by atoms with E-state index < -0.39 is 0 Å². The fraction of sp³-hybridized carbons (Fsp3) is 0.250. The van der Waals surface area contributed by atoms with Crippen molar-refractivity contribution in [2.24, 2.45) is 0 Å². The van der Waals surface area contributed by atoms with Crippen molar-refractivity contribution < 1.29 is 9.26 Å². The molecule has 0 bridgehead atoms. The minimum absolute atomic E-state index is 0.0994. The maximum atomic E-state index is 5.89. The quantitative estimate of drug-likeness (QED) is 0.424. The highest BCUT2D eigenvalue weighted by atomic mass is 16.5. The van der Waals surface area contributed by atoms with Gasteiger partial charge < -0.3 is 9.26 Å². The maximum absolute atomic E-state index is 5.89. The van der Waals surface area contributed by atoms with Gasteiger partial charge in [-0.2, -0.15) is 4.98 Å². The first kappa shape index (κ1) is 19.8. The summed E-state index contributed by atoms with van der Waals surface area (Å²) >= 11 is 0. The minimum Gasteiger partial charge on any atom is -0.454 e. The fourth-order valence-electron chi connectivity index (χ4n) is 3.27. The third-order valence-electron chi connectivity index (χ3n) is 5.24. The van der Waals surface area contributed by atoms with Crippen molar-refractivity contribution in [1.29, 1.82) is 0 Å². The van der Waals surface area contributed by atoms with Gasteiger partial charge in [-0.3, -0.25) is 0 Å². The smallest absolute Gasteiger partial charge is 0.295 e. The van der Waals surface area contributed by atoms with Crippen LogP contribution < -0.4 is 4.74 Å². The molecule has 4 aromatic rings. The van der Waals surface area contributed by atoms with Crippen molar-refractivity contribution in [1.82, 2.24) is 20.1 Å². The van der Waals surface area contributed by atoms with Gasteiger partial charge in [0.1, 0.15) is 5.75 Å². The third-order valence-corrected chi connectivity index (χ3v) is 5.24. The summed E-state index contributed by atoms with van der Waals surface area (Å²) in [5.41, 5.74) is 3.75. The second kappa shape index (κ2) is 8.06. The van der Waals surface area contributed by atoms with Crippen LogP contribution in [0.3, 0.4) is 0 Å². The van der Waals surface area contributed by atoms with Crippen LogP contribution in [0.4, 0.5) is 0 Å². The third kappa shape index (κ3) is 4.08. The van der Waals surface area contributed by atoms with Crippen LogP contribution >= 0.6 is 0 Å². The first-order valence-corrected chi connectivity index (χ1v) is 9.96. The molecular weight excluding hydrogens is 376 g/mol. The Morgan fingerprint density at radius 2 is 1.47 bits per heavy atom. The van der Waals surface area contributed by atoms with Gasteiger partial charge in [0, 0.05) is 5.41 Å². The molecule has 152 valence electrons. The highest BCUT2D eigenvalue weighted by molar-refractivity contribution is 5.43. The van der Waals surface area contributed by atoms with Crippen molar-refractivity contribution in [3.8, 4) is 23.2 Å². The molecule has 0 N–H and O–H groups in total. The highest BCUT2D eigenvalue weighted by Crippen LogP contribution is 2.33.